The van der Waals surface area contributed by atoms with Crippen LogP contribution in [0.25, 0.3) is 10.9 Å². The van der Waals surface area contributed by atoms with Crippen LogP contribution in [-0.4, -0.2) is 40.4 Å². The summed E-state index contributed by atoms with van der Waals surface area (Å²) in [5, 5.41) is 15.3. The van der Waals surface area contributed by atoms with Gasteiger partial charge in [0.2, 0.25) is 0 Å². The Morgan fingerprint density at radius 3 is 3.00 bits per heavy atom. The second-order valence-electron chi connectivity index (χ2n) is 8.74. The third-order valence-corrected chi connectivity index (χ3v) is 6.92. The number of benzene rings is 1. The van der Waals surface area contributed by atoms with Crippen molar-refractivity contribution in [1.82, 2.24) is 9.88 Å². The Balaban J connectivity index is 1.54. The average Bonchev–Trinajstić information content (AvgIpc) is 3.35. The van der Waals surface area contributed by atoms with Gasteiger partial charge in [-0.2, -0.15) is 0 Å². The molecular weight excluding hydrogens is 388 g/mol. The Bertz CT molecular complexity index is 874. The maximum Gasteiger partial charge on any atom is 0.253 e. The molecule has 158 valence electrons. The Morgan fingerprint density at radius 2 is 2.24 bits per heavy atom. The molecule has 1 amide bonds. The Morgan fingerprint density at radius 1 is 1.38 bits per heavy atom. The van der Waals surface area contributed by atoms with Gasteiger partial charge in [-0.25, -0.2) is 0 Å². The summed E-state index contributed by atoms with van der Waals surface area (Å²) in [6.07, 6.45) is 8.92. The van der Waals surface area contributed by atoms with Gasteiger partial charge in [-0.3, -0.25) is 4.79 Å². The highest BCUT2D eigenvalue weighted by Crippen LogP contribution is 2.34. The van der Waals surface area contributed by atoms with Crippen LogP contribution in [0.1, 0.15) is 62.2 Å². The molecule has 2 aromatic rings. The van der Waals surface area contributed by atoms with Gasteiger partial charge in [-0.1, -0.05) is 43.9 Å². The monoisotopic (exact) mass is 418 g/mol. The number of fused-ring (bicyclic) bond motifs is 1. The fourth-order valence-electron chi connectivity index (χ4n) is 4.95. The molecule has 2 aliphatic rings. The summed E-state index contributed by atoms with van der Waals surface area (Å²) in [5.41, 5.74) is 0.699. The van der Waals surface area contributed by atoms with Crippen LogP contribution in [0.3, 0.4) is 0 Å². The molecule has 29 heavy (non-hydrogen) atoms. The Kier molecular flexibility index (Phi) is 6.19. The van der Waals surface area contributed by atoms with Crippen LogP contribution in [0.4, 0.5) is 0 Å². The van der Waals surface area contributed by atoms with E-state index in [1.54, 1.807) is 0 Å². The van der Waals surface area contributed by atoms with Gasteiger partial charge in [0.25, 0.3) is 5.91 Å². The number of halogens is 1. The van der Waals surface area contributed by atoms with Crippen molar-refractivity contribution in [3.63, 3.8) is 0 Å². The van der Waals surface area contributed by atoms with Crippen LogP contribution in [0.2, 0.25) is 5.02 Å². The van der Waals surface area contributed by atoms with E-state index in [1.165, 1.54) is 6.42 Å². The first-order valence-electron chi connectivity index (χ1n) is 10.9. The van der Waals surface area contributed by atoms with Gasteiger partial charge in [0.15, 0.2) is 0 Å². The van der Waals surface area contributed by atoms with Crippen molar-refractivity contribution in [2.75, 3.05) is 13.2 Å². The van der Waals surface area contributed by atoms with E-state index in [9.17, 15) is 9.90 Å². The first-order chi connectivity index (χ1) is 14.0. The third-order valence-electron chi connectivity index (χ3n) is 6.60. The van der Waals surface area contributed by atoms with Crippen molar-refractivity contribution in [3.05, 3.63) is 35.0 Å². The van der Waals surface area contributed by atoms with Gasteiger partial charge in [-0.05, 0) is 43.7 Å². The predicted molar refractivity (Wildman–Crippen MR) is 115 cm³/mol. The molecular formula is C23H31ClN2O3. The highest BCUT2D eigenvalue weighted by atomic mass is 35.5. The number of aliphatic hydroxyl groups is 1. The van der Waals surface area contributed by atoms with E-state index >= 15 is 0 Å². The van der Waals surface area contributed by atoms with Crippen molar-refractivity contribution < 1.29 is 14.6 Å². The maximum atomic E-state index is 13.1. The zero-order chi connectivity index (χ0) is 20.4. The number of carbonyl (C=O) groups excluding carboxylic acids is 1. The van der Waals surface area contributed by atoms with E-state index in [-0.39, 0.29) is 18.6 Å². The summed E-state index contributed by atoms with van der Waals surface area (Å²) in [4.78, 5) is 13.1. The molecule has 0 bridgehead atoms. The number of hydrogen-bond acceptors (Lipinski definition) is 3. The van der Waals surface area contributed by atoms with Crippen molar-refractivity contribution >= 4 is 28.4 Å². The molecule has 1 saturated carbocycles. The molecule has 0 spiro atoms. The van der Waals surface area contributed by atoms with Crippen molar-refractivity contribution in [1.29, 1.82) is 0 Å². The Labute approximate surface area is 177 Å². The van der Waals surface area contributed by atoms with E-state index in [0.717, 1.165) is 56.0 Å². The quantitative estimate of drug-likeness (QED) is 0.724. The van der Waals surface area contributed by atoms with Crippen molar-refractivity contribution in [3.8, 4) is 0 Å². The lowest BCUT2D eigenvalue weighted by atomic mass is 9.77. The van der Waals surface area contributed by atoms with E-state index in [4.69, 9.17) is 16.3 Å². The van der Waals surface area contributed by atoms with Crippen LogP contribution in [-0.2, 0) is 11.3 Å². The second-order valence-corrected chi connectivity index (χ2v) is 9.15. The molecule has 2 heterocycles. The van der Waals surface area contributed by atoms with Crippen LogP contribution in [0.15, 0.2) is 24.4 Å². The lowest BCUT2D eigenvalue weighted by Gasteiger charge is -2.36. The minimum atomic E-state index is -0.811. The topological polar surface area (TPSA) is 63.5 Å². The summed E-state index contributed by atoms with van der Waals surface area (Å²) in [6, 6.07) is 5.72. The van der Waals surface area contributed by atoms with Crippen LogP contribution in [0, 0.1) is 5.92 Å². The van der Waals surface area contributed by atoms with Crippen LogP contribution < -0.4 is 5.32 Å². The molecule has 1 aromatic carbocycles. The molecule has 2 N–H and O–H groups in total. The molecule has 1 aliphatic heterocycles. The molecule has 4 rings (SSSR count). The number of amides is 1. The predicted octanol–water partition coefficient (Wildman–Crippen LogP) is 4.53. The van der Waals surface area contributed by atoms with E-state index < -0.39 is 5.60 Å². The molecule has 2 fully saturated rings. The minimum Gasteiger partial charge on any atom is -0.388 e. The summed E-state index contributed by atoms with van der Waals surface area (Å²) < 4.78 is 7.86. The molecule has 1 saturated heterocycles. The highest BCUT2D eigenvalue weighted by Gasteiger charge is 2.34. The molecule has 6 heteroatoms. The normalized spacial score (nSPS) is 27.4. The van der Waals surface area contributed by atoms with Gasteiger partial charge >= 0.3 is 0 Å². The zero-order valence-electron chi connectivity index (χ0n) is 17.1. The first kappa shape index (κ1) is 20.7. The number of nitrogens with zero attached hydrogens (tertiary/aromatic N) is 1. The SMILES string of the molecule is CCC1CCCC(O)(CNC(=O)c2cn(CC3CCCO3)c3cccc(Cl)c23)C1. The lowest BCUT2D eigenvalue weighted by molar-refractivity contribution is -0.0146. The first-order valence-corrected chi connectivity index (χ1v) is 11.3. The average molecular weight is 419 g/mol. The molecule has 3 atom stereocenters. The number of aromatic nitrogens is 1. The Hall–Kier alpha value is -1.56. The van der Waals surface area contributed by atoms with E-state index in [1.807, 2.05) is 24.4 Å². The maximum absolute atomic E-state index is 13.1. The molecule has 1 aromatic heterocycles. The summed E-state index contributed by atoms with van der Waals surface area (Å²) in [7, 11) is 0. The fraction of sp³-hybridized carbons (Fsp3) is 0.609. The number of rotatable bonds is 6. The smallest absolute Gasteiger partial charge is 0.253 e. The minimum absolute atomic E-state index is 0.175. The van der Waals surface area contributed by atoms with Crippen molar-refractivity contribution in [2.24, 2.45) is 5.92 Å². The number of hydrogen-bond donors (Lipinski definition) is 2. The molecule has 1 aliphatic carbocycles. The van der Waals surface area contributed by atoms with E-state index in [0.29, 0.717) is 23.0 Å². The largest absolute Gasteiger partial charge is 0.388 e. The third kappa shape index (κ3) is 4.47. The van der Waals surface area contributed by atoms with Gasteiger partial charge < -0.3 is 19.7 Å². The standard InChI is InChI=1S/C23H31ClN2O3/c1-2-16-6-4-10-23(28,12-16)15-25-22(27)18-14-26(13-17-7-5-11-29-17)20-9-3-8-19(24)21(18)20/h3,8-9,14,16-17,28H,2,4-7,10-13,15H2,1H3,(H,25,27). The number of ether oxygens (including phenoxy) is 1. The van der Waals surface area contributed by atoms with Crippen LogP contribution in [0.5, 0.6) is 0 Å². The van der Waals surface area contributed by atoms with Gasteiger partial charge in [0, 0.05) is 31.3 Å². The zero-order valence-corrected chi connectivity index (χ0v) is 17.9. The van der Waals surface area contributed by atoms with Crippen LogP contribution >= 0.6 is 11.6 Å². The van der Waals surface area contributed by atoms with Gasteiger partial charge in [0.05, 0.1) is 27.8 Å². The summed E-state index contributed by atoms with van der Waals surface area (Å²) in [5.74, 6) is 0.356. The highest BCUT2D eigenvalue weighted by molar-refractivity contribution is 6.36. The van der Waals surface area contributed by atoms with Gasteiger partial charge in [-0.15, -0.1) is 0 Å². The number of carbonyl (C=O) groups is 1. The molecule has 3 unspecified atom stereocenters. The molecule has 5 nitrogen and oxygen atoms in total. The fourth-order valence-corrected chi connectivity index (χ4v) is 5.22. The van der Waals surface area contributed by atoms with Gasteiger partial charge in [0.1, 0.15) is 0 Å². The van der Waals surface area contributed by atoms with E-state index in [2.05, 4.69) is 16.8 Å². The summed E-state index contributed by atoms with van der Waals surface area (Å²) in [6.45, 7) is 3.96. The number of nitrogens with one attached hydrogen (secondary N) is 1. The lowest BCUT2D eigenvalue weighted by Crippen LogP contribution is -2.46. The van der Waals surface area contributed by atoms with Crippen molar-refractivity contribution in [2.45, 2.75) is 70.1 Å². The summed E-state index contributed by atoms with van der Waals surface area (Å²) >= 11 is 6.48. The molecule has 0 radical (unpaired) electrons. The second kappa shape index (κ2) is 8.66.